The van der Waals surface area contributed by atoms with Gasteiger partial charge in [0, 0.05) is 0 Å². The lowest BCUT2D eigenvalue weighted by molar-refractivity contribution is 0.374. The van der Waals surface area contributed by atoms with E-state index in [0.29, 0.717) is 0 Å². The van der Waals surface area contributed by atoms with Crippen molar-refractivity contribution in [2.24, 2.45) is 0 Å². The predicted octanol–water partition coefficient (Wildman–Crippen LogP) is 0.191. The number of rotatable bonds is 1. The highest BCUT2D eigenvalue weighted by atomic mass is 16.5. The number of aromatic hydroxyl groups is 1. The van der Waals surface area contributed by atoms with E-state index in [1.165, 1.54) is 19.5 Å². The molecule has 1 rings (SSSR count). The number of methoxy groups -OCH3 is 1. The van der Waals surface area contributed by atoms with Crippen molar-refractivity contribution in [1.29, 1.82) is 0 Å². The molecular formula is C5H6N2O2. The van der Waals surface area contributed by atoms with Crippen LogP contribution in [-0.4, -0.2) is 22.2 Å². The first kappa shape index (κ1) is 5.81. The van der Waals surface area contributed by atoms with Crippen LogP contribution >= 0.6 is 0 Å². The van der Waals surface area contributed by atoms with Gasteiger partial charge in [-0.15, -0.1) is 0 Å². The van der Waals surface area contributed by atoms with Crippen LogP contribution in [-0.2, 0) is 0 Å². The van der Waals surface area contributed by atoms with Gasteiger partial charge in [0.05, 0.1) is 19.5 Å². The molecule has 4 nitrogen and oxygen atoms in total. The summed E-state index contributed by atoms with van der Waals surface area (Å²) in [5.74, 6) is 0.0378. The van der Waals surface area contributed by atoms with Gasteiger partial charge in [-0.1, -0.05) is 0 Å². The van der Waals surface area contributed by atoms with Gasteiger partial charge in [0.15, 0.2) is 5.75 Å². The van der Waals surface area contributed by atoms with Gasteiger partial charge >= 0.3 is 6.01 Å². The third kappa shape index (κ3) is 1.28. The standard InChI is InChI=1S/C5H6N2O2/c1-9-5-6-2-4(8)3-7-5/h2-3,8H,1H3. The maximum absolute atomic E-state index is 8.67. The van der Waals surface area contributed by atoms with Crippen molar-refractivity contribution in [3.05, 3.63) is 12.4 Å². The number of ether oxygens (including phenoxy) is 1. The van der Waals surface area contributed by atoms with Crippen molar-refractivity contribution in [1.82, 2.24) is 9.97 Å². The lowest BCUT2D eigenvalue weighted by atomic mass is 10.6. The predicted molar refractivity (Wildman–Crippen MR) is 30.2 cm³/mol. The van der Waals surface area contributed by atoms with Crippen LogP contribution in [0.4, 0.5) is 0 Å². The smallest absolute Gasteiger partial charge is 0.316 e. The zero-order valence-corrected chi connectivity index (χ0v) is 4.90. The van der Waals surface area contributed by atoms with Gasteiger partial charge in [0.1, 0.15) is 0 Å². The highest BCUT2D eigenvalue weighted by Crippen LogP contribution is 2.05. The Morgan fingerprint density at radius 3 is 2.44 bits per heavy atom. The van der Waals surface area contributed by atoms with Crippen molar-refractivity contribution < 1.29 is 9.84 Å². The largest absolute Gasteiger partial charge is 0.505 e. The average molecular weight is 126 g/mol. The van der Waals surface area contributed by atoms with Gasteiger partial charge < -0.3 is 9.84 Å². The highest BCUT2D eigenvalue weighted by Gasteiger charge is 1.90. The summed E-state index contributed by atoms with van der Waals surface area (Å²) in [7, 11) is 1.46. The van der Waals surface area contributed by atoms with Gasteiger partial charge in [0.2, 0.25) is 0 Å². The SMILES string of the molecule is COc1ncc(O)cn1. The first-order chi connectivity index (χ1) is 4.33. The van der Waals surface area contributed by atoms with E-state index in [4.69, 9.17) is 5.11 Å². The molecule has 4 heteroatoms. The number of aromatic nitrogens is 2. The van der Waals surface area contributed by atoms with Crippen LogP contribution in [0, 0.1) is 0 Å². The number of hydrogen-bond acceptors (Lipinski definition) is 4. The summed E-state index contributed by atoms with van der Waals surface area (Å²) in [5.41, 5.74) is 0. The number of hydrogen-bond donors (Lipinski definition) is 1. The van der Waals surface area contributed by atoms with Crippen LogP contribution in [0.2, 0.25) is 0 Å². The maximum atomic E-state index is 8.67. The second-order valence-electron chi connectivity index (χ2n) is 1.43. The van der Waals surface area contributed by atoms with Crippen molar-refractivity contribution in [2.75, 3.05) is 7.11 Å². The van der Waals surface area contributed by atoms with Gasteiger partial charge in [-0.2, -0.15) is 9.97 Å². The minimum absolute atomic E-state index is 0.0378. The molecule has 0 saturated carbocycles. The van der Waals surface area contributed by atoms with Crippen LogP contribution in [0.15, 0.2) is 12.4 Å². The Morgan fingerprint density at radius 1 is 1.44 bits per heavy atom. The number of nitrogens with zero attached hydrogens (tertiary/aromatic N) is 2. The molecule has 0 aliphatic carbocycles. The summed E-state index contributed by atoms with van der Waals surface area (Å²) < 4.78 is 4.64. The van der Waals surface area contributed by atoms with E-state index in [9.17, 15) is 0 Å². The Kier molecular flexibility index (Phi) is 1.48. The third-order valence-electron chi connectivity index (χ3n) is 0.797. The van der Waals surface area contributed by atoms with Crippen molar-refractivity contribution in [3.63, 3.8) is 0 Å². The minimum Gasteiger partial charge on any atom is -0.505 e. The van der Waals surface area contributed by atoms with E-state index >= 15 is 0 Å². The zero-order chi connectivity index (χ0) is 6.69. The lowest BCUT2D eigenvalue weighted by Crippen LogP contribution is -1.88. The Morgan fingerprint density at radius 2 is 2.00 bits per heavy atom. The lowest BCUT2D eigenvalue weighted by Gasteiger charge is -1.93. The van der Waals surface area contributed by atoms with Crippen LogP contribution in [0.25, 0.3) is 0 Å². The molecular weight excluding hydrogens is 120 g/mol. The molecule has 1 heterocycles. The quantitative estimate of drug-likeness (QED) is 0.583. The molecule has 0 bridgehead atoms. The average Bonchev–Trinajstić information content (AvgIpc) is 1.90. The Labute approximate surface area is 52.1 Å². The minimum atomic E-state index is 0.0378. The van der Waals surface area contributed by atoms with Crippen molar-refractivity contribution in [2.45, 2.75) is 0 Å². The van der Waals surface area contributed by atoms with Crippen molar-refractivity contribution >= 4 is 0 Å². The van der Waals surface area contributed by atoms with Crippen molar-refractivity contribution in [3.8, 4) is 11.8 Å². The third-order valence-corrected chi connectivity index (χ3v) is 0.797. The zero-order valence-electron chi connectivity index (χ0n) is 4.90. The summed E-state index contributed by atoms with van der Waals surface area (Å²) in [6.45, 7) is 0. The molecule has 0 aliphatic rings. The molecule has 1 aromatic heterocycles. The van der Waals surface area contributed by atoms with Gasteiger partial charge in [-0.05, 0) is 0 Å². The molecule has 1 aromatic rings. The topological polar surface area (TPSA) is 55.2 Å². The van der Waals surface area contributed by atoms with Gasteiger partial charge in [-0.25, -0.2) is 0 Å². The van der Waals surface area contributed by atoms with Crippen LogP contribution in [0.5, 0.6) is 11.8 Å². The summed E-state index contributed by atoms with van der Waals surface area (Å²) in [6, 6.07) is 0.257. The fraction of sp³-hybridized carbons (Fsp3) is 0.200. The molecule has 0 fully saturated rings. The Hall–Kier alpha value is -1.32. The molecule has 0 amide bonds. The molecule has 0 unspecified atom stereocenters. The highest BCUT2D eigenvalue weighted by molar-refractivity contribution is 5.11. The first-order valence-electron chi connectivity index (χ1n) is 2.38. The van der Waals surface area contributed by atoms with E-state index in [1.807, 2.05) is 0 Å². The van der Waals surface area contributed by atoms with E-state index in [0.717, 1.165) is 0 Å². The summed E-state index contributed by atoms with van der Waals surface area (Å²) in [4.78, 5) is 7.23. The molecule has 9 heavy (non-hydrogen) atoms. The molecule has 48 valence electrons. The second-order valence-corrected chi connectivity index (χ2v) is 1.43. The molecule has 0 aromatic carbocycles. The monoisotopic (exact) mass is 126 g/mol. The van der Waals surface area contributed by atoms with E-state index in [-0.39, 0.29) is 11.8 Å². The first-order valence-corrected chi connectivity index (χ1v) is 2.38. The molecule has 0 atom stereocenters. The van der Waals surface area contributed by atoms with E-state index in [2.05, 4.69) is 14.7 Å². The molecule has 0 aliphatic heterocycles. The second kappa shape index (κ2) is 2.30. The summed E-state index contributed by atoms with van der Waals surface area (Å²) in [6.07, 6.45) is 2.54. The molecule has 1 N–H and O–H groups in total. The summed E-state index contributed by atoms with van der Waals surface area (Å²) in [5, 5.41) is 8.67. The van der Waals surface area contributed by atoms with Gasteiger partial charge in [0.25, 0.3) is 0 Å². The normalized spacial score (nSPS) is 9.00. The molecule has 0 saturated heterocycles. The fourth-order valence-corrected chi connectivity index (χ4v) is 0.415. The van der Waals surface area contributed by atoms with E-state index < -0.39 is 0 Å². The molecule has 0 radical (unpaired) electrons. The fourth-order valence-electron chi connectivity index (χ4n) is 0.415. The van der Waals surface area contributed by atoms with Crippen LogP contribution in [0.3, 0.4) is 0 Å². The Bertz CT molecular complexity index is 185. The van der Waals surface area contributed by atoms with E-state index in [1.54, 1.807) is 0 Å². The van der Waals surface area contributed by atoms with Crippen LogP contribution in [0.1, 0.15) is 0 Å². The molecule has 0 spiro atoms. The van der Waals surface area contributed by atoms with Crippen LogP contribution < -0.4 is 4.74 Å². The van der Waals surface area contributed by atoms with Gasteiger partial charge in [-0.3, -0.25) is 0 Å². The Balaban J connectivity index is 2.88. The maximum Gasteiger partial charge on any atom is 0.316 e. The summed E-state index contributed by atoms with van der Waals surface area (Å²) >= 11 is 0.